The van der Waals surface area contributed by atoms with Crippen LogP contribution < -0.4 is 25.0 Å². The number of hydrogen-bond acceptors (Lipinski definition) is 11. The highest BCUT2D eigenvalue weighted by Crippen LogP contribution is 2.38. The zero-order valence-corrected chi connectivity index (χ0v) is 31.3. The van der Waals surface area contributed by atoms with Crippen LogP contribution in [0, 0.1) is 0 Å². The first-order valence-electron chi connectivity index (χ1n) is 17.3. The first kappa shape index (κ1) is 37.9. The zero-order chi connectivity index (χ0) is 36.8. The molecule has 0 aliphatic carbocycles. The summed E-state index contributed by atoms with van der Waals surface area (Å²) >= 11 is 0. The number of ether oxygens (including phenoxy) is 5. The Morgan fingerprint density at radius 3 is 2.35 bits per heavy atom. The Hall–Kier alpha value is -4.39. The molecule has 0 amide bonds. The lowest BCUT2D eigenvalue weighted by atomic mass is 9.77. The smallest absolute Gasteiger partial charge is 0.494 e. The van der Waals surface area contributed by atoms with E-state index in [0.717, 1.165) is 50.2 Å². The van der Waals surface area contributed by atoms with E-state index in [1.165, 1.54) is 0 Å². The van der Waals surface area contributed by atoms with E-state index in [2.05, 4.69) is 15.5 Å². The number of hydrogen-bond donors (Lipinski definition) is 1. The van der Waals surface area contributed by atoms with Crippen LogP contribution in [0.2, 0.25) is 0 Å². The summed E-state index contributed by atoms with van der Waals surface area (Å²) in [5.41, 5.74) is 3.73. The van der Waals surface area contributed by atoms with Crippen LogP contribution in [0.25, 0.3) is 22.0 Å². The van der Waals surface area contributed by atoms with Gasteiger partial charge in [-0.3, -0.25) is 4.79 Å². The molecule has 272 valence electrons. The van der Waals surface area contributed by atoms with E-state index in [0.29, 0.717) is 45.0 Å². The fourth-order valence-electron chi connectivity index (χ4n) is 5.61. The Bertz CT molecular complexity index is 1810. The minimum atomic E-state index is -0.540. The van der Waals surface area contributed by atoms with E-state index in [-0.39, 0.29) is 5.97 Å². The van der Waals surface area contributed by atoms with Gasteiger partial charge >= 0.3 is 13.1 Å². The molecule has 1 aromatic heterocycles. The number of carbonyl (C=O) groups excluding carboxylic acids is 1. The standard InChI is InChI=1S/C39H50BN3O8/c1-37(2,3)49-36(44)11-10-18-47-19-20-48-34-17-14-28(40-50-38(4,5)39(6,7)51-40)22-31(34)26-13-16-30-32(21-26)43-42-25-33(30)41-24-27-12-15-29(45-8)23-35(27)46-9/h12-17,21-23,25H,10-11,18-20,24H2,1-9H3,(H,41,43). The van der Waals surface area contributed by atoms with Crippen molar-refractivity contribution in [1.29, 1.82) is 0 Å². The summed E-state index contributed by atoms with van der Waals surface area (Å²) in [5, 5.41) is 13.2. The number of carbonyl (C=O) groups is 1. The molecule has 2 heterocycles. The van der Waals surface area contributed by atoms with Crippen molar-refractivity contribution in [2.45, 2.75) is 84.7 Å². The lowest BCUT2D eigenvalue weighted by Crippen LogP contribution is -2.41. The van der Waals surface area contributed by atoms with Crippen LogP contribution in [-0.4, -0.2) is 74.1 Å². The van der Waals surface area contributed by atoms with E-state index in [1.807, 2.05) is 103 Å². The van der Waals surface area contributed by atoms with E-state index in [4.69, 9.17) is 33.0 Å². The van der Waals surface area contributed by atoms with Crippen molar-refractivity contribution in [1.82, 2.24) is 10.2 Å². The third kappa shape index (κ3) is 9.49. The summed E-state index contributed by atoms with van der Waals surface area (Å²) in [4.78, 5) is 12.0. The van der Waals surface area contributed by atoms with Crippen LogP contribution in [0.15, 0.2) is 60.8 Å². The van der Waals surface area contributed by atoms with Crippen molar-refractivity contribution in [2.75, 3.05) is 39.4 Å². The Balaban J connectivity index is 1.34. The third-order valence-corrected chi connectivity index (χ3v) is 9.02. The molecule has 4 aromatic rings. The molecule has 11 nitrogen and oxygen atoms in total. The molecule has 0 bridgehead atoms. The maximum absolute atomic E-state index is 12.0. The van der Waals surface area contributed by atoms with Crippen molar-refractivity contribution in [3.05, 3.63) is 66.4 Å². The van der Waals surface area contributed by atoms with Crippen LogP contribution in [-0.2, 0) is 30.1 Å². The van der Waals surface area contributed by atoms with Crippen LogP contribution in [0.3, 0.4) is 0 Å². The van der Waals surface area contributed by atoms with Crippen LogP contribution in [0.4, 0.5) is 5.69 Å². The monoisotopic (exact) mass is 699 g/mol. The summed E-state index contributed by atoms with van der Waals surface area (Å²) < 4.78 is 41.1. The van der Waals surface area contributed by atoms with Crippen molar-refractivity contribution in [3.63, 3.8) is 0 Å². The van der Waals surface area contributed by atoms with Gasteiger partial charge in [0.2, 0.25) is 0 Å². The van der Waals surface area contributed by atoms with E-state index < -0.39 is 23.9 Å². The molecule has 1 saturated heterocycles. The predicted molar refractivity (Wildman–Crippen MR) is 199 cm³/mol. The highest BCUT2D eigenvalue weighted by atomic mass is 16.7. The molecular formula is C39H50BN3O8. The highest BCUT2D eigenvalue weighted by Gasteiger charge is 2.51. The van der Waals surface area contributed by atoms with Gasteiger partial charge in [0.1, 0.15) is 29.5 Å². The van der Waals surface area contributed by atoms with Gasteiger partial charge in [-0.2, -0.15) is 10.2 Å². The highest BCUT2D eigenvalue weighted by molar-refractivity contribution is 6.62. The number of anilines is 1. The number of nitrogens with zero attached hydrogens (tertiary/aromatic N) is 2. The lowest BCUT2D eigenvalue weighted by Gasteiger charge is -2.32. The van der Waals surface area contributed by atoms with Gasteiger partial charge in [0.15, 0.2) is 0 Å². The lowest BCUT2D eigenvalue weighted by molar-refractivity contribution is -0.155. The number of nitrogens with one attached hydrogen (secondary N) is 1. The maximum Gasteiger partial charge on any atom is 0.494 e. The van der Waals surface area contributed by atoms with Crippen LogP contribution >= 0.6 is 0 Å². The molecule has 12 heteroatoms. The quantitative estimate of drug-likeness (QED) is 0.0807. The molecule has 0 atom stereocenters. The van der Waals surface area contributed by atoms with Crippen LogP contribution in [0.5, 0.6) is 17.2 Å². The van der Waals surface area contributed by atoms with E-state index >= 15 is 0 Å². The van der Waals surface area contributed by atoms with Gasteiger partial charge in [-0.05, 0) is 96.2 Å². The maximum atomic E-state index is 12.0. The summed E-state index contributed by atoms with van der Waals surface area (Å²) in [6.07, 6.45) is 2.60. The number of benzene rings is 3. The molecule has 1 aliphatic heterocycles. The Morgan fingerprint density at radius 2 is 1.65 bits per heavy atom. The van der Waals surface area contributed by atoms with Gasteiger partial charge in [-0.25, -0.2) is 0 Å². The number of methoxy groups -OCH3 is 2. The SMILES string of the molecule is COc1ccc(CNc2cnnc3cc(-c4cc(B5OC(C)(C)C(C)(C)O5)ccc4OCCOCCCC(=O)OC(C)(C)C)ccc23)c(OC)c1. The first-order valence-corrected chi connectivity index (χ1v) is 17.3. The largest absolute Gasteiger partial charge is 0.497 e. The second-order valence-electron chi connectivity index (χ2n) is 14.5. The molecule has 5 rings (SSSR count). The van der Waals surface area contributed by atoms with Gasteiger partial charge in [0.05, 0.1) is 49.4 Å². The summed E-state index contributed by atoms with van der Waals surface area (Å²) in [7, 11) is 2.74. The normalized spacial score (nSPS) is 15.1. The Morgan fingerprint density at radius 1 is 0.882 bits per heavy atom. The topological polar surface area (TPSA) is 119 Å². The van der Waals surface area contributed by atoms with Crippen molar-refractivity contribution < 1.29 is 37.8 Å². The number of esters is 1. The van der Waals surface area contributed by atoms with Crippen molar-refractivity contribution >= 4 is 35.1 Å². The van der Waals surface area contributed by atoms with Crippen molar-refractivity contribution in [2.24, 2.45) is 0 Å². The van der Waals surface area contributed by atoms with E-state index in [1.54, 1.807) is 20.4 Å². The summed E-state index contributed by atoms with van der Waals surface area (Å²) in [6.45, 7) is 15.4. The summed E-state index contributed by atoms with van der Waals surface area (Å²) in [5.74, 6) is 1.92. The van der Waals surface area contributed by atoms with Gasteiger partial charge in [0, 0.05) is 42.2 Å². The van der Waals surface area contributed by atoms with Gasteiger partial charge < -0.3 is 38.3 Å². The molecule has 51 heavy (non-hydrogen) atoms. The van der Waals surface area contributed by atoms with Gasteiger partial charge in [0.25, 0.3) is 0 Å². The van der Waals surface area contributed by atoms with Gasteiger partial charge in [-0.1, -0.05) is 18.2 Å². The minimum Gasteiger partial charge on any atom is -0.497 e. The molecule has 0 radical (unpaired) electrons. The molecular weight excluding hydrogens is 649 g/mol. The predicted octanol–water partition coefficient (Wildman–Crippen LogP) is 6.74. The first-order chi connectivity index (χ1) is 24.2. The molecule has 1 N–H and O–H groups in total. The number of aromatic nitrogens is 2. The second kappa shape index (κ2) is 15.9. The number of rotatable bonds is 15. The zero-order valence-electron chi connectivity index (χ0n) is 31.3. The van der Waals surface area contributed by atoms with E-state index in [9.17, 15) is 4.79 Å². The molecule has 0 saturated carbocycles. The van der Waals surface area contributed by atoms with Gasteiger partial charge in [-0.15, -0.1) is 0 Å². The fraction of sp³-hybridized carbons (Fsp3) is 0.462. The molecule has 1 aliphatic rings. The fourth-order valence-corrected chi connectivity index (χ4v) is 5.61. The minimum absolute atomic E-state index is 0.227. The molecule has 1 fully saturated rings. The third-order valence-electron chi connectivity index (χ3n) is 9.02. The molecule has 0 unspecified atom stereocenters. The summed E-state index contributed by atoms with van der Waals surface area (Å²) in [6, 6.07) is 17.8. The molecule has 3 aromatic carbocycles. The number of fused-ring (bicyclic) bond motifs is 1. The van der Waals surface area contributed by atoms with Crippen LogP contribution in [0.1, 0.15) is 66.9 Å². The average Bonchev–Trinajstić information content (AvgIpc) is 3.31. The Labute approximate surface area is 301 Å². The Kier molecular flexibility index (Phi) is 11.8. The van der Waals surface area contributed by atoms with Crippen molar-refractivity contribution in [3.8, 4) is 28.4 Å². The second-order valence-corrected chi connectivity index (χ2v) is 14.5. The average molecular weight is 700 g/mol. The molecule has 0 spiro atoms.